The predicted octanol–water partition coefficient (Wildman–Crippen LogP) is 3.15. The van der Waals surface area contributed by atoms with Crippen LogP contribution in [0, 0.1) is 11.6 Å². The Morgan fingerprint density at radius 1 is 1.11 bits per heavy atom. The zero-order valence-corrected chi connectivity index (χ0v) is 11.7. The van der Waals surface area contributed by atoms with Crippen LogP contribution in [0.4, 0.5) is 8.78 Å². The molecule has 2 aromatic rings. The van der Waals surface area contributed by atoms with Gasteiger partial charge in [-0.05, 0) is 25.9 Å². The number of halogens is 4. The van der Waals surface area contributed by atoms with Gasteiger partial charge in [-0.25, -0.2) is 8.78 Å². The van der Waals surface area contributed by atoms with Gasteiger partial charge < -0.3 is 10.3 Å². The third-order valence-electron chi connectivity index (χ3n) is 3.37. The summed E-state index contributed by atoms with van der Waals surface area (Å²) in [5, 5.41) is 3.57. The highest BCUT2D eigenvalue weighted by molar-refractivity contribution is 5.85. The fourth-order valence-corrected chi connectivity index (χ4v) is 2.50. The van der Waals surface area contributed by atoms with E-state index in [9.17, 15) is 8.78 Å². The third-order valence-corrected chi connectivity index (χ3v) is 3.37. The van der Waals surface area contributed by atoms with Gasteiger partial charge in [0.15, 0.2) is 5.82 Å². The Kier molecular flexibility index (Phi) is 5.52. The largest absolute Gasteiger partial charge is 0.356 e. The lowest BCUT2D eigenvalue weighted by molar-refractivity contribution is 0.454. The molecule has 0 aromatic carbocycles. The molecule has 0 radical (unpaired) electrons. The zero-order valence-electron chi connectivity index (χ0n) is 10.1. The van der Waals surface area contributed by atoms with Gasteiger partial charge in [0.2, 0.25) is 0 Å². The molecule has 0 saturated carbocycles. The molecule has 106 valence electrons. The fraction of sp³-hybridized carbons (Fsp3) is 0.417. The van der Waals surface area contributed by atoms with Crippen molar-refractivity contribution in [1.29, 1.82) is 0 Å². The molecule has 2 aromatic heterocycles. The molecule has 1 fully saturated rings. The number of nitrogens with one attached hydrogen (secondary N) is 2. The number of hydrogen-bond acceptors (Lipinski definition) is 2. The van der Waals surface area contributed by atoms with Crippen molar-refractivity contribution in [3.8, 4) is 0 Å². The van der Waals surface area contributed by atoms with Gasteiger partial charge in [-0.15, -0.1) is 24.8 Å². The first kappa shape index (κ1) is 16.1. The Morgan fingerprint density at radius 3 is 2.47 bits per heavy atom. The van der Waals surface area contributed by atoms with Crippen LogP contribution in [-0.4, -0.2) is 23.1 Å². The van der Waals surface area contributed by atoms with E-state index in [1.165, 1.54) is 12.4 Å². The van der Waals surface area contributed by atoms with E-state index in [-0.39, 0.29) is 36.2 Å². The number of rotatable bonds is 1. The summed E-state index contributed by atoms with van der Waals surface area (Å²) in [6.45, 7) is 1.80. The minimum absolute atomic E-state index is 0. The van der Waals surface area contributed by atoms with Gasteiger partial charge in [-0.1, -0.05) is 0 Å². The van der Waals surface area contributed by atoms with Crippen molar-refractivity contribution in [3.05, 3.63) is 29.7 Å². The zero-order chi connectivity index (χ0) is 11.8. The van der Waals surface area contributed by atoms with E-state index in [0.717, 1.165) is 25.9 Å². The van der Waals surface area contributed by atoms with Gasteiger partial charge in [0.1, 0.15) is 5.82 Å². The Bertz CT molecular complexity index is 553. The summed E-state index contributed by atoms with van der Waals surface area (Å²) >= 11 is 0. The first-order valence-electron chi connectivity index (χ1n) is 5.79. The maximum absolute atomic E-state index is 13.7. The van der Waals surface area contributed by atoms with E-state index < -0.39 is 11.6 Å². The average molecular weight is 310 g/mol. The monoisotopic (exact) mass is 309 g/mol. The SMILES string of the molecule is Cl.Cl.Fc1cnc(C2CCNCC2)c2c(F)c[nH]c12. The standard InChI is InChI=1S/C12H13F2N3.2ClH/c13-8-5-17-12-9(14)6-16-11(10(8)12)7-1-3-15-4-2-7;;/h5-7,15,17H,1-4H2;2*1H. The second-order valence-corrected chi connectivity index (χ2v) is 4.40. The van der Waals surface area contributed by atoms with Crippen LogP contribution < -0.4 is 5.32 Å². The van der Waals surface area contributed by atoms with Crippen molar-refractivity contribution in [2.24, 2.45) is 0 Å². The number of aromatic amines is 1. The molecule has 2 N–H and O–H groups in total. The number of aromatic nitrogens is 2. The Labute approximate surface area is 122 Å². The molecule has 1 saturated heterocycles. The lowest BCUT2D eigenvalue weighted by atomic mass is 9.92. The summed E-state index contributed by atoms with van der Waals surface area (Å²) in [7, 11) is 0. The van der Waals surface area contributed by atoms with Gasteiger partial charge in [-0.2, -0.15) is 0 Å². The maximum atomic E-state index is 13.7. The smallest absolute Gasteiger partial charge is 0.165 e. The van der Waals surface area contributed by atoms with E-state index in [2.05, 4.69) is 15.3 Å². The molecule has 0 atom stereocenters. The van der Waals surface area contributed by atoms with Gasteiger partial charge in [0.05, 0.1) is 22.8 Å². The van der Waals surface area contributed by atoms with Crippen molar-refractivity contribution >= 4 is 35.7 Å². The first-order valence-corrected chi connectivity index (χ1v) is 5.79. The van der Waals surface area contributed by atoms with Gasteiger partial charge in [0, 0.05) is 12.1 Å². The van der Waals surface area contributed by atoms with Crippen molar-refractivity contribution in [2.75, 3.05) is 13.1 Å². The van der Waals surface area contributed by atoms with E-state index in [4.69, 9.17) is 0 Å². The minimum atomic E-state index is -0.499. The first-order chi connectivity index (χ1) is 8.27. The molecule has 19 heavy (non-hydrogen) atoms. The number of fused-ring (bicyclic) bond motifs is 1. The fourth-order valence-electron chi connectivity index (χ4n) is 2.50. The second-order valence-electron chi connectivity index (χ2n) is 4.40. The van der Waals surface area contributed by atoms with Crippen LogP contribution in [0.2, 0.25) is 0 Å². The van der Waals surface area contributed by atoms with Gasteiger partial charge in [0.25, 0.3) is 0 Å². The van der Waals surface area contributed by atoms with Crippen LogP contribution in [0.25, 0.3) is 10.9 Å². The lowest BCUT2D eigenvalue weighted by Gasteiger charge is -2.22. The molecule has 0 bridgehead atoms. The Morgan fingerprint density at radius 2 is 1.79 bits per heavy atom. The molecular weight excluding hydrogens is 295 g/mol. The van der Waals surface area contributed by atoms with Crippen LogP contribution in [0.5, 0.6) is 0 Å². The Balaban J connectivity index is 0.000000902. The predicted molar refractivity (Wildman–Crippen MR) is 75.4 cm³/mol. The molecule has 7 heteroatoms. The summed E-state index contributed by atoms with van der Waals surface area (Å²) in [4.78, 5) is 6.73. The van der Waals surface area contributed by atoms with E-state index in [0.29, 0.717) is 11.1 Å². The lowest BCUT2D eigenvalue weighted by Crippen LogP contribution is -2.27. The number of hydrogen-bond donors (Lipinski definition) is 2. The highest BCUT2D eigenvalue weighted by atomic mass is 35.5. The molecule has 0 unspecified atom stereocenters. The van der Waals surface area contributed by atoms with Crippen LogP contribution >= 0.6 is 24.8 Å². The van der Waals surface area contributed by atoms with Crippen LogP contribution in [0.15, 0.2) is 12.4 Å². The summed E-state index contributed by atoms with van der Waals surface area (Å²) in [6, 6.07) is 0. The molecule has 3 rings (SSSR count). The molecule has 0 spiro atoms. The number of H-pyrrole nitrogens is 1. The highest BCUT2D eigenvalue weighted by Crippen LogP contribution is 2.31. The normalized spacial score (nSPS) is 15.9. The van der Waals surface area contributed by atoms with Crippen LogP contribution in [0.1, 0.15) is 24.5 Å². The van der Waals surface area contributed by atoms with Crippen molar-refractivity contribution in [3.63, 3.8) is 0 Å². The summed E-state index contributed by atoms with van der Waals surface area (Å²) < 4.78 is 27.2. The molecular formula is C12H15Cl2F2N3. The van der Waals surface area contributed by atoms with Crippen LogP contribution in [-0.2, 0) is 0 Å². The minimum Gasteiger partial charge on any atom is -0.356 e. The van der Waals surface area contributed by atoms with E-state index >= 15 is 0 Å². The van der Waals surface area contributed by atoms with Crippen molar-refractivity contribution in [1.82, 2.24) is 15.3 Å². The second kappa shape index (κ2) is 6.50. The van der Waals surface area contributed by atoms with Gasteiger partial charge in [-0.3, -0.25) is 4.98 Å². The van der Waals surface area contributed by atoms with Gasteiger partial charge >= 0.3 is 0 Å². The number of nitrogens with zero attached hydrogens (tertiary/aromatic N) is 1. The molecule has 0 aliphatic carbocycles. The quantitative estimate of drug-likeness (QED) is 0.849. The summed E-state index contributed by atoms with van der Waals surface area (Å²) in [5.41, 5.74) is 0.910. The average Bonchev–Trinajstić information content (AvgIpc) is 2.75. The maximum Gasteiger partial charge on any atom is 0.165 e. The topological polar surface area (TPSA) is 40.7 Å². The highest BCUT2D eigenvalue weighted by Gasteiger charge is 2.22. The van der Waals surface area contributed by atoms with Crippen LogP contribution in [0.3, 0.4) is 0 Å². The number of piperidine rings is 1. The molecule has 3 heterocycles. The van der Waals surface area contributed by atoms with E-state index in [1.54, 1.807) is 0 Å². The molecule has 3 nitrogen and oxygen atoms in total. The molecule has 0 amide bonds. The van der Waals surface area contributed by atoms with Crippen molar-refractivity contribution < 1.29 is 8.78 Å². The van der Waals surface area contributed by atoms with Crippen molar-refractivity contribution in [2.45, 2.75) is 18.8 Å². The molecule has 1 aliphatic heterocycles. The third kappa shape index (κ3) is 2.83. The number of pyridine rings is 1. The van der Waals surface area contributed by atoms with E-state index in [1.807, 2.05) is 0 Å². The molecule has 1 aliphatic rings. The Hall–Kier alpha value is -0.910. The summed E-state index contributed by atoms with van der Waals surface area (Å²) in [6.07, 6.45) is 4.20. The summed E-state index contributed by atoms with van der Waals surface area (Å²) in [5.74, 6) is -0.702.